The Morgan fingerprint density at radius 2 is 0.338 bits per heavy atom. The monoisotopic (exact) mass is 1660 g/mol. The molecule has 16 aromatic carbocycles. The molecule has 0 bridgehead atoms. The number of aromatic nitrogens is 17. The van der Waals surface area contributed by atoms with E-state index >= 15 is 0 Å². The van der Waals surface area contributed by atoms with E-state index in [1.54, 1.807) is 0 Å². The van der Waals surface area contributed by atoms with E-state index in [9.17, 15) is 0 Å². The van der Waals surface area contributed by atoms with Gasteiger partial charge in [-0.05, 0) is 96.6 Å². The zero-order chi connectivity index (χ0) is 86.4. The second kappa shape index (κ2) is 33.0. The summed E-state index contributed by atoms with van der Waals surface area (Å²) in [4.78, 5) is 83.2. The van der Waals surface area contributed by atoms with Crippen LogP contribution in [0.1, 0.15) is 0 Å². The van der Waals surface area contributed by atoms with Gasteiger partial charge < -0.3 is 9.13 Å². The van der Waals surface area contributed by atoms with Crippen molar-refractivity contribution in [2.45, 2.75) is 0 Å². The average Bonchev–Trinajstić information content (AvgIpc) is 1.59. The molecule has 18 nitrogen and oxygen atoms in total. The minimum atomic E-state index is 0.411. The lowest BCUT2D eigenvalue weighted by Gasteiger charge is -2.20. The lowest BCUT2D eigenvalue weighted by atomic mass is 9.97. The second-order valence-corrected chi connectivity index (χ2v) is 31.3. The number of rotatable bonds is 18. The van der Waals surface area contributed by atoms with Crippen LogP contribution in [0.15, 0.2) is 413 Å². The van der Waals surface area contributed by atoms with Gasteiger partial charge in [0.2, 0.25) is 0 Å². The summed E-state index contributed by atoms with van der Waals surface area (Å²) in [5.41, 5.74) is 18.8. The molecule has 130 heavy (non-hydrogen) atoms. The minimum absolute atomic E-state index is 0.411. The van der Waals surface area contributed by atoms with Crippen LogP contribution in [0.5, 0.6) is 0 Å². The molecule has 0 saturated heterocycles. The van der Waals surface area contributed by atoms with Crippen LogP contribution in [0, 0.1) is 6.57 Å². The number of nitrogens with zero attached hydrogens (tertiary/aromatic N) is 18. The normalized spacial score (nSPS) is 11.4. The summed E-state index contributed by atoms with van der Waals surface area (Å²) in [7, 11) is 0. The van der Waals surface area contributed by atoms with Crippen molar-refractivity contribution in [3.05, 3.63) is 424 Å². The smallest absolute Gasteiger partial charge is 0.188 e. The fourth-order valence-electron chi connectivity index (χ4n) is 16.9. The number of hydrogen-bond donors (Lipinski definition) is 0. The molecule has 7 aromatic heterocycles. The lowest BCUT2D eigenvalue weighted by Crippen LogP contribution is -2.04. The Hall–Kier alpha value is -18.3. The van der Waals surface area contributed by atoms with Gasteiger partial charge in [0.25, 0.3) is 0 Å². The standard InChI is InChI=1S/C112H68N18/c1-113-85-57-63-96(129-92-59-53-80(108-119-98(70-32-12-2-13-33-70)114-99(120-108)71-34-14-3-15-35-71)64-87(92)88-65-81(54-60-93(88)129)109-121-100(72-36-16-4-17-37-72)115-101(122-109)73-38-18-5-19-39-73)91(69-85)86-58-52-84(112-127-106(78-48-28-10-29-49-78)118-107(128-112)79-50-30-11-31-51-79)68-97(86)130-94-61-55-82(110-123-102(74-40-20-6-21-41-74)116-103(124-110)75-42-22-7-23-43-75)66-89(94)90-67-83(56-62-95(90)130)111-125-104(76-44-24-8-25-45-76)117-105(126-111)77-46-26-9-27-47-77/h2-69H. The van der Waals surface area contributed by atoms with Crippen molar-refractivity contribution in [2.24, 2.45) is 0 Å². The highest BCUT2D eigenvalue weighted by molar-refractivity contribution is 6.14. The van der Waals surface area contributed by atoms with Gasteiger partial charge in [-0.2, -0.15) is 0 Å². The van der Waals surface area contributed by atoms with E-state index in [0.717, 1.165) is 144 Å². The van der Waals surface area contributed by atoms with Gasteiger partial charge in [0.1, 0.15) is 0 Å². The summed E-state index contributed by atoms with van der Waals surface area (Å²) < 4.78 is 4.61. The van der Waals surface area contributed by atoms with E-state index in [4.69, 9.17) is 81.3 Å². The van der Waals surface area contributed by atoms with Crippen molar-refractivity contribution in [1.29, 1.82) is 0 Å². The highest BCUT2D eigenvalue weighted by Gasteiger charge is 2.28. The fraction of sp³-hybridized carbons (Fsp3) is 0. The third kappa shape index (κ3) is 14.6. The molecule has 606 valence electrons. The number of hydrogen-bond acceptors (Lipinski definition) is 15. The molecule has 0 unspecified atom stereocenters. The molecule has 0 saturated carbocycles. The summed E-state index contributed by atoms with van der Waals surface area (Å²) in [5, 5.41) is 3.45. The summed E-state index contributed by atoms with van der Waals surface area (Å²) in [6.07, 6.45) is 0. The van der Waals surface area contributed by atoms with Crippen molar-refractivity contribution in [3.8, 4) is 193 Å². The summed E-state index contributed by atoms with van der Waals surface area (Å²) in [6, 6.07) is 138. The van der Waals surface area contributed by atoms with Gasteiger partial charge in [-0.3, -0.25) is 0 Å². The zero-order valence-corrected chi connectivity index (χ0v) is 69.3. The maximum Gasteiger partial charge on any atom is 0.188 e. The van der Waals surface area contributed by atoms with Crippen molar-refractivity contribution in [3.63, 3.8) is 0 Å². The van der Waals surface area contributed by atoms with E-state index in [1.165, 1.54) is 0 Å². The van der Waals surface area contributed by atoms with E-state index < -0.39 is 0 Å². The van der Waals surface area contributed by atoms with Crippen LogP contribution >= 0.6 is 0 Å². The first-order valence-corrected chi connectivity index (χ1v) is 42.5. The SMILES string of the molecule is [C-]#[N+]c1ccc(-n2c3ccc(-c4nc(-c5ccccc5)nc(-c5ccccc5)n4)cc3c3cc(-c4nc(-c5ccccc5)nc(-c5ccccc5)n4)ccc32)c(-c2ccc(-c3nc(-c4ccccc4)nc(-c4ccccc4)n3)cc2-n2c3ccc(-c4nc(-c5ccccc5)nc(-c5ccccc5)n4)cc3c3cc(-c4nc(-c5ccccc5)nc(-c5ccccc5)n4)ccc32)c1. The van der Waals surface area contributed by atoms with Gasteiger partial charge in [-0.15, -0.1) is 0 Å². The van der Waals surface area contributed by atoms with Gasteiger partial charge in [0.15, 0.2) is 93.1 Å². The van der Waals surface area contributed by atoms with Crippen molar-refractivity contribution in [1.82, 2.24) is 83.9 Å². The zero-order valence-electron chi connectivity index (χ0n) is 69.3. The van der Waals surface area contributed by atoms with E-state index in [0.29, 0.717) is 98.6 Å². The molecule has 0 amide bonds. The van der Waals surface area contributed by atoms with Crippen LogP contribution < -0.4 is 0 Å². The van der Waals surface area contributed by atoms with Crippen LogP contribution in [0.25, 0.3) is 242 Å². The molecule has 0 aliphatic rings. The number of benzene rings is 16. The van der Waals surface area contributed by atoms with Gasteiger partial charge >= 0.3 is 0 Å². The maximum atomic E-state index is 9.00. The molecule has 0 fully saturated rings. The highest BCUT2D eigenvalue weighted by Crippen LogP contribution is 2.47. The predicted molar refractivity (Wildman–Crippen MR) is 515 cm³/mol. The molecule has 0 radical (unpaired) electrons. The van der Waals surface area contributed by atoms with Crippen LogP contribution in [0.4, 0.5) is 5.69 Å². The first-order chi connectivity index (χ1) is 64.3. The Labute approximate surface area is 745 Å². The Balaban J connectivity index is 0.799. The molecular weight excluding hydrogens is 1600 g/mol. The molecule has 0 aliphatic carbocycles. The quantitative estimate of drug-likeness (QED) is 0.0732. The van der Waals surface area contributed by atoms with Crippen molar-refractivity contribution in [2.75, 3.05) is 0 Å². The Kier molecular flexibility index (Phi) is 19.5. The minimum Gasteiger partial charge on any atom is -0.309 e. The highest BCUT2D eigenvalue weighted by atomic mass is 15.1. The molecule has 0 N–H and O–H groups in total. The van der Waals surface area contributed by atoms with Crippen molar-refractivity contribution >= 4 is 49.3 Å². The summed E-state index contributed by atoms with van der Waals surface area (Å²) in [5.74, 6) is 7.55. The Morgan fingerprint density at radius 3 is 0.546 bits per heavy atom. The summed E-state index contributed by atoms with van der Waals surface area (Å²) >= 11 is 0. The van der Waals surface area contributed by atoms with E-state index in [1.807, 2.05) is 315 Å². The van der Waals surface area contributed by atoms with E-state index in [2.05, 4.69) is 111 Å². The Bertz CT molecular complexity index is 7660. The van der Waals surface area contributed by atoms with Gasteiger partial charge in [0, 0.05) is 111 Å². The third-order valence-corrected chi connectivity index (χ3v) is 23.2. The maximum absolute atomic E-state index is 9.00. The van der Waals surface area contributed by atoms with Crippen LogP contribution in [0.2, 0.25) is 0 Å². The molecule has 0 atom stereocenters. The fourth-order valence-corrected chi connectivity index (χ4v) is 16.9. The molecule has 23 rings (SSSR count). The average molecular weight is 1670 g/mol. The Morgan fingerprint density at radius 1 is 0.154 bits per heavy atom. The van der Waals surface area contributed by atoms with Gasteiger partial charge in [0.05, 0.1) is 40.0 Å². The molecule has 23 aromatic rings. The first-order valence-electron chi connectivity index (χ1n) is 42.5. The lowest BCUT2D eigenvalue weighted by molar-refractivity contribution is 1.07. The first kappa shape index (κ1) is 76.5. The molecule has 0 aliphatic heterocycles. The summed E-state index contributed by atoms with van der Waals surface area (Å²) in [6.45, 7) is 9.00. The van der Waals surface area contributed by atoms with Gasteiger partial charge in [-0.25, -0.2) is 79.6 Å². The topological polar surface area (TPSA) is 208 Å². The van der Waals surface area contributed by atoms with Crippen LogP contribution in [0.3, 0.4) is 0 Å². The number of fused-ring (bicyclic) bond motifs is 6. The molecular formula is C112H68N18. The second-order valence-electron chi connectivity index (χ2n) is 31.3. The van der Waals surface area contributed by atoms with Crippen LogP contribution in [-0.4, -0.2) is 83.9 Å². The third-order valence-electron chi connectivity index (χ3n) is 23.2. The molecule has 18 heteroatoms. The largest absolute Gasteiger partial charge is 0.309 e. The predicted octanol–water partition coefficient (Wildman–Crippen LogP) is 26.0. The molecule has 0 spiro atoms. The van der Waals surface area contributed by atoms with Crippen LogP contribution in [-0.2, 0) is 0 Å². The van der Waals surface area contributed by atoms with Gasteiger partial charge in [-0.1, -0.05) is 322 Å². The molecule has 7 heterocycles. The van der Waals surface area contributed by atoms with Crippen molar-refractivity contribution < 1.29 is 0 Å². The van der Waals surface area contributed by atoms with E-state index in [-0.39, 0.29) is 0 Å².